The number of carboxylic acid groups (broad SMARTS) is 1. The van der Waals surface area contributed by atoms with Crippen LogP contribution >= 0.6 is 11.6 Å². The van der Waals surface area contributed by atoms with E-state index >= 15 is 0 Å². The molecule has 0 bridgehead atoms. The zero-order valence-corrected chi connectivity index (χ0v) is 21.6. The molecule has 2 aromatic rings. The number of carbonyl (C=O) groups excluding carboxylic acids is 3. The van der Waals surface area contributed by atoms with Crippen molar-refractivity contribution in [3.05, 3.63) is 52.5 Å². The van der Waals surface area contributed by atoms with Crippen molar-refractivity contribution in [3.63, 3.8) is 0 Å². The van der Waals surface area contributed by atoms with Gasteiger partial charge in [0.15, 0.2) is 11.5 Å². The predicted octanol–water partition coefficient (Wildman–Crippen LogP) is 2.23. The number of carbonyl (C=O) groups is 4. The standard InChI is InChI=1S/C25H29ClN2O9/c1-34-19-12-15(13-20(35-2)22(19)36-3)23(31)27-17(9-10-21(29)30)24(32)28-18(25(33)37-4)11-14-5-7-16(26)8-6-14/h5-8,12-13,17-18H,9-11H2,1-4H3,(H,27,31)(H,28,32)(H,29,30)/t17-,18+/m1/s1. The van der Waals surface area contributed by atoms with Gasteiger partial charge in [0.25, 0.3) is 5.91 Å². The average molecular weight is 537 g/mol. The van der Waals surface area contributed by atoms with Crippen LogP contribution in [0.4, 0.5) is 0 Å². The molecule has 2 amide bonds. The highest BCUT2D eigenvalue weighted by Crippen LogP contribution is 2.38. The minimum absolute atomic E-state index is 0.0771. The number of amides is 2. The van der Waals surface area contributed by atoms with Crippen LogP contribution in [0.3, 0.4) is 0 Å². The average Bonchev–Trinajstić information content (AvgIpc) is 2.89. The summed E-state index contributed by atoms with van der Waals surface area (Å²) in [6.07, 6.45) is -0.554. The predicted molar refractivity (Wildman–Crippen MR) is 133 cm³/mol. The first-order valence-electron chi connectivity index (χ1n) is 11.1. The van der Waals surface area contributed by atoms with Crippen LogP contribution in [0.2, 0.25) is 5.02 Å². The molecule has 0 aliphatic heterocycles. The van der Waals surface area contributed by atoms with E-state index in [4.69, 9.17) is 35.7 Å². The van der Waals surface area contributed by atoms with Crippen LogP contribution in [0, 0.1) is 0 Å². The normalized spacial score (nSPS) is 12.0. The van der Waals surface area contributed by atoms with Crippen molar-refractivity contribution < 1.29 is 43.2 Å². The van der Waals surface area contributed by atoms with Gasteiger partial charge in [-0.15, -0.1) is 0 Å². The Balaban J connectivity index is 2.28. The lowest BCUT2D eigenvalue weighted by molar-refractivity contribution is -0.145. The molecule has 2 aromatic carbocycles. The SMILES string of the molecule is COC(=O)[C@H](Cc1ccc(Cl)cc1)NC(=O)[C@@H](CCC(=O)O)NC(=O)c1cc(OC)c(OC)c(OC)c1. The summed E-state index contributed by atoms with van der Waals surface area (Å²) in [5.74, 6) is -2.63. The summed E-state index contributed by atoms with van der Waals surface area (Å²) in [7, 11) is 5.36. The minimum atomic E-state index is -1.28. The molecule has 0 radical (unpaired) electrons. The zero-order valence-electron chi connectivity index (χ0n) is 20.8. The van der Waals surface area contributed by atoms with Crippen LogP contribution in [0.1, 0.15) is 28.8 Å². The fourth-order valence-corrected chi connectivity index (χ4v) is 3.58. The largest absolute Gasteiger partial charge is 0.493 e. The number of nitrogens with one attached hydrogen (secondary N) is 2. The number of hydrogen-bond donors (Lipinski definition) is 3. The quantitative estimate of drug-likeness (QED) is 0.327. The molecule has 3 N–H and O–H groups in total. The Kier molecular flexibility index (Phi) is 11.0. The second-order valence-corrected chi connectivity index (χ2v) is 8.22. The van der Waals surface area contributed by atoms with Crippen molar-refractivity contribution in [1.29, 1.82) is 0 Å². The number of benzene rings is 2. The Hall–Kier alpha value is -3.99. The monoisotopic (exact) mass is 536 g/mol. The molecule has 0 unspecified atom stereocenters. The third kappa shape index (κ3) is 8.28. The van der Waals surface area contributed by atoms with Crippen LogP contribution in [0.15, 0.2) is 36.4 Å². The lowest BCUT2D eigenvalue weighted by Gasteiger charge is -2.22. The number of carboxylic acids is 1. The minimum Gasteiger partial charge on any atom is -0.493 e. The van der Waals surface area contributed by atoms with Crippen LogP contribution in [-0.4, -0.2) is 69.4 Å². The fraction of sp³-hybridized carbons (Fsp3) is 0.360. The van der Waals surface area contributed by atoms with Crippen molar-refractivity contribution in [2.45, 2.75) is 31.3 Å². The van der Waals surface area contributed by atoms with E-state index in [9.17, 15) is 19.2 Å². The Morgan fingerprint density at radius 3 is 1.97 bits per heavy atom. The summed E-state index contributed by atoms with van der Waals surface area (Å²) < 4.78 is 20.6. The number of methoxy groups -OCH3 is 4. The highest BCUT2D eigenvalue weighted by atomic mass is 35.5. The molecule has 2 rings (SSSR count). The number of rotatable bonds is 13. The fourth-order valence-electron chi connectivity index (χ4n) is 3.45. The Morgan fingerprint density at radius 2 is 1.49 bits per heavy atom. The van der Waals surface area contributed by atoms with Gasteiger partial charge in [-0.1, -0.05) is 23.7 Å². The van der Waals surface area contributed by atoms with Crippen LogP contribution in [0.5, 0.6) is 17.2 Å². The van der Waals surface area contributed by atoms with Crippen molar-refractivity contribution in [3.8, 4) is 17.2 Å². The van der Waals surface area contributed by atoms with E-state index in [0.29, 0.717) is 10.6 Å². The summed E-state index contributed by atoms with van der Waals surface area (Å²) in [5, 5.41) is 14.7. The molecule has 0 aliphatic rings. The zero-order chi connectivity index (χ0) is 27.5. The third-order valence-corrected chi connectivity index (χ3v) is 5.60. The molecule has 11 nitrogen and oxygen atoms in total. The number of esters is 1. The lowest BCUT2D eigenvalue weighted by Crippen LogP contribution is -2.52. The smallest absolute Gasteiger partial charge is 0.328 e. The molecule has 200 valence electrons. The molecule has 0 saturated heterocycles. The first kappa shape index (κ1) is 29.2. The van der Waals surface area contributed by atoms with E-state index in [0.717, 1.165) is 0 Å². The molecule has 0 aromatic heterocycles. The van der Waals surface area contributed by atoms with E-state index in [1.165, 1.54) is 40.6 Å². The van der Waals surface area contributed by atoms with Gasteiger partial charge in [0, 0.05) is 23.4 Å². The summed E-state index contributed by atoms with van der Waals surface area (Å²) in [4.78, 5) is 49.7. The van der Waals surface area contributed by atoms with Gasteiger partial charge < -0.3 is 34.7 Å². The molecule has 0 fully saturated rings. The van der Waals surface area contributed by atoms with E-state index in [1.807, 2.05) is 0 Å². The molecule has 12 heteroatoms. The van der Waals surface area contributed by atoms with Gasteiger partial charge in [0.05, 0.1) is 28.4 Å². The Morgan fingerprint density at radius 1 is 0.892 bits per heavy atom. The van der Waals surface area contributed by atoms with Gasteiger partial charge >= 0.3 is 11.9 Å². The van der Waals surface area contributed by atoms with E-state index < -0.39 is 42.3 Å². The number of ether oxygens (including phenoxy) is 4. The highest BCUT2D eigenvalue weighted by Gasteiger charge is 2.29. The van der Waals surface area contributed by atoms with Gasteiger partial charge in [-0.25, -0.2) is 4.79 Å². The van der Waals surface area contributed by atoms with Gasteiger partial charge in [-0.3, -0.25) is 14.4 Å². The second-order valence-electron chi connectivity index (χ2n) is 7.79. The van der Waals surface area contributed by atoms with E-state index in [1.54, 1.807) is 24.3 Å². The molecule has 0 aliphatic carbocycles. The van der Waals surface area contributed by atoms with Crippen molar-refractivity contribution in [2.24, 2.45) is 0 Å². The maximum atomic E-state index is 13.1. The highest BCUT2D eigenvalue weighted by molar-refractivity contribution is 6.30. The van der Waals surface area contributed by atoms with Crippen molar-refractivity contribution in [2.75, 3.05) is 28.4 Å². The first-order chi connectivity index (χ1) is 17.6. The van der Waals surface area contributed by atoms with Crippen LogP contribution < -0.4 is 24.8 Å². The Bertz CT molecular complexity index is 1100. The maximum absolute atomic E-state index is 13.1. The van der Waals surface area contributed by atoms with Gasteiger partial charge in [-0.2, -0.15) is 0 Å². The summed E-state index contributed by atoms with van der Waals surface area (Å²) >= 11 is 5.91. The van der Waals surface area contributed by atoms with Gasteiger partial charge in [0.1, 0.15) is 12.1 Å². The Labute approximate surface area is 219 Å². The molecule has 2 atom stereocenters. The molecule has 0 saturated carbocycles. The maximum Gasteiger partial charge on any atom is 0.328 e. The lowest BCUT2D eigenvalue weighted by atomic mass is 10.0. The van der Waals surface area contributed by atoms with Crippen molar-refractivity contribution >= 4 is 35.4 Å². The third-order valence-electron chi connectivity index (χ3n) is 5.35. The summed E-state index contributed by atoms with van der Waals surface area (Å²) in [5.41, 5.74) is 0.775. The second kappa shape index (κ2) is 13.9. The molecule has 0 spiro atoms. The number of halogens is 1. The van der Waals surface area contributed by atoms with Gasteiger partial charge in [0.2, 0.25) is 11.7 Å². The van der Waals surface area contributed by atoms with Gasteiger partial charge in [-0.05, 0) is 36.2 Å². The first-order valence-corrected chi connectivity index (χ1v) is 11.5. The molecular weight excluding hydrogens is 508 g/mol. The summed E-state index contributed by atoms with van der Waals surface area (Å²) in [6.45, 7) is 0. The van der Waals surface area contributed by atoms with E-state index in [2.05, 4.69) is 10.6 Å². The molecular formula is C25H29ClN2O9. The molecule has 37 heavy (non-hydrogen) atoms. The van der Waals surface area contributed by atoms with Crippen LogP contribution in [-0.2, 0) is 25.5 Å². The summed E-state index contributed by atoms with van der Waals surface area (Å²) in [6, 6.07) is 7.07. The topological polar surface area (TPSA) is 149 Å². The van der Waals surface area contributed by atoms with E-state index in [-0.39, 0.29) is 35.7 Å². The number of aliphatic carboxylic acids is 1. The number of hydrogen-bond acceptors (Lipinski definition) is 8. The van der Waals surface area contributed by atoms with Crippen molar-refractivity contribution in [1.82, 2.24) is 10.6 Å². The molecule has 0 heterocycles. The van der Waals surface area contributed by atoms with Crippen LogP contribution in [0.25, 0.3) is 0 Å².